The molecule has 0 saturated heterocycles. The first-order valence-electron chi connectivity index (χ1n) is 6.57. The molecule has 1 aromatic carbocycles. The maximum absolute atomic E-state index is 11.9. The minimum absolute atomic E-state index is 0.168. The summed E-state index contributed by atoms with van der Waals surface area (Å²) in [5.74, 6) is -1.36. The summed E-state index contributed by atoms with van der Waals surface area (Å²) < 4.78 is 0. The van der Waals surface area contributed by atoms with Crippen LogP contribution in [0.5, 0.6) is 0 Å². The lowest BCUT2D eigenvalue weighted by molar-refractivity contribution is -0.144. The van der Waals surface area contributed by atoms with E-state index in [1.54, 1.807) is 39.0 Å². The van der Waals surface area contributed by atoms with Crippen LogP contribution in [0.4, 0.5) is 0 Å². The molecule has 1 atom stereocenters. The molecular weight excluding hydrogens is 313 g/mol. The van der Waals surface area contributed by atoms with Crippen molar-refractivity contribution < 1.29 is 14.7 Å². The van der Waals surface area contributed by atoms with Gasteiger partial charge in [0.15, 0.2) is 0 Å². The van der Waals surface area contributed by atoms with Crippen LogP contribution in [0.25, 0.3) is 0 Å². The fourth-order valence-corrected chi connectivity index (χ4v) is 2.36. The van der Waals surface area contributed by atoms with Gasteiger partial charge in [0, 0.05) is 16.5 Å². The van der Waals surface area contributed by atoms with Crippen LogP contribution in [-0.2, 0) is 16.0 Å². The Labute approximate surface area is 134 Å². The van der Waals surface area contributed by atoms with Crippen molar-refractivity contribution in [1.29, 1.82) is 0 Å². The summed E-state index contributed by atoms with van der Waals surface area (Å²) in [6.07, 6.45) is 0.597. The van der Waals surface area contributed by atoms with Gasteiger partial charge < -0.3 is 10.4 Å². The standard InChI is InChI=1S/C15H19Cl2NO3/c1-15(2,3)13(14(20)21)18-12(19)7-5-9-4-6-10(16)8-11(9)17/h4,6,8,13H,5,7H2,1-3H3,(H,18,19)(H,20,21)/t13-/m1/s1. The molecule has 0 saturated carbocycles. The number of aliphatic carboxylic acids is 1. The fraction of sp³-hybridized carbons (Fsp3) is 0.467. The molecule has 0 aliphatic heterocycles. The van der Waals surface area contributed by atoms with Crippen LogP contribution >= 0.6 is 23.2 Å². The Kier molecular flexibility index (Phi) is 6.05. The van der Waals surface area contributed by atoms with Crippen molar-refractivity contribution in [3.63, 3.8) is 0 Å². The van der Waals surface area contributed by atoms with E-state index in [4.69, 9.17) is 28.3 Å². The number of carboxylic acids is 1. The van der Waals surface area contributed by atoms with Gasteiger partial charge in [-0.2, -0.15) is 0 Å². The summed E-state index contributed by atoms with van der Waals surface area (Å²) in [5, 5.41) is 12.8. The highest BCUT2D eigenvalue weighted by atomic mass is 35.5. The van der Waals surface area contributed by atoms with E-state index in [-0.39, 0.29) is 12.3 Å². The van der Waals surface area contributed by atoms with Crippen molar-refractivity contribution >= 4 is 35.1 Å². The van der Waals surface area contributed by atoms with E-state index in [1.165, 1.54) is 0 Å². The summed E-state index contributed by atoms with van der Waals surface area (Å²) in [4.78, 5) is 23.1. The first-order valence-corrected chi connectivity index (χ1v) is 7.33. The van der Waals surface area contributed by atoms with Gasteiger partial charge in [0.25, 0.3) is 0 Å². The first-order chi connectivity index (χ1) is 9.61. The zero-order valence-corrected chi connectivity index (χ0v) is 13.8. The number of rotatable bonds is 5. The summed E-state index contributed by atoms with van der Waals surface area (Å²) in [5.41, 5.74) is 0.248. The summed E-state index contributed by atoms with van der Waals surface area (Å²) in [7, 11) is 0. The summed E-state index contributed by atoms with van der Waals surface area (Å²) >= 11 is 11.8. The molecule has 0 heterocycles. The van der Waals surface area contributed by atoms with E-state index in [9.17, 15) is 9.59 Å². The Morgan fingerprint density at radius 1 is 1.29 bits per heavy atom. The van der Waals surface area contributed by atoms with Gasteiger partial charge in [0.1, 0.15) is 6.04 Å². The van der Waals surface area contributed by atoms with Gasteiger partial charge in [-0.05, 0) is 29.5 Å². The highest BCUT2D eigenvalue weighted by molar-refractivity contribution is 6.35. The third-order valence-electron chi connectivity index (χ3n) is 3.05. The molecule has 0 fully saturated rings. The van der Waals surface area contributed by atoms with Crippen LogP contribution in [0.15, 0.2) is 18.2 Å². The lowest BCUT2D eigenvalue weighted by Crippen LogP contribution is -2.49. The molecule has 0 aliphatic carbocycles. The maximum Gasteiger partial charge on any atom is 0.326 e. The number of carboxylic acid groups (broad SMARTS) is 1. The average Bonchev–Trinajstić information content (AvgIpc) is 2.33. The first kappa shape index (κ1) is 17.8. The van der Waals surface area contributed by atoms with Crippen LogP contribution in [0.2, 0.25) is 10.0 Å². The van der Waals surface area contributed by atoms with Gasteiger partial charge in [0.2, 0.25) is 5.91 Å². The molecule has 1 aromatic rings. The third kappa shape index (κ3) is 5.56. The molecule has 0 bridgehead atoms. The summed E-state index contributed by atoms with van der Waals surface area (Å²) in [6, 6.07) is 4.16. The largest absolute Gasteiger partial charge is 0.480 e. The van der Waals surface area contributed by atoms with Crippen LogP contribution in [0.1, 0.15) is 32.8 Å². The van der Waals surface area contributed by atoms with Crippen LogP contribution in [0.3, 0.4) is 0 Å². The molecule has 0 aliphatic rings. The second kappa shape index (κ2) is 7.14. The Morgan fingerprint density at radius 2 is 1.90 bits per heavy atom. The zero-order valence-electron chi connectivity index (χ0n) is 12.2. The van der Waals surface area contributed by atoms with Crippen molar-refractivity contribution in [1.82, 2.24) is 5.32 Å². The SMILES string of the molecule is CC(C)(C)[C@H](NC(=O)CCc1ccc(Cl)cc1Cl)C(=O)O. The molecule has 116 valence electrons. The second-order valence-corrected chi connectivity index (χ2v) is 6.78. The number of nitrogens with one attached hydrogen (secondary N) is 1. The van der Waals surface area contributed by atoms with Crippen LogP contribution in [-0.4, -0.2) is 23.0 Å². The van der Waals surface area contributed by atoms with Crippen LogP contribution in [0, 0.1) is 5.41 Å². The fourth-order valence-electron chi connectivity index (χ4n) is 1.85. The van der Waals surface area contributed by atoms with Gasteiger partial charge in [-0.25, -0.2) is 4.79 Å². The van der Waals surface area contributed by atoms with Gasteiger partial charge in [-0.1, -0.05) is 50.0 Å². The molecule has 0 spiro atoms. The number of hydrogen-bond donors (Lipinski definition) is 2. The Bertz CT molecular complexity index is 538. The number of carbonyl (C=O) groups is 2. The third-order valence-corrected chi connectivity index (χ3v) is 3.64. The molecule has 6 heteroatoms. The number of benzene rings is 1. The molecule has 0 aromatic heterocycles. The number of carbonyl (C=O) groups excluding carboxylic acids is 1. The monoisotopic (exact) mass is 331 g/mol. The van der Waals surface area contributed by atoms with Crippen molar-refractivity contribution in [3.05, 3.63) is 33.8 Å². The Balaban J connectivity index is 2.63. The molecule has 21 heavy (non-hydrogen) atoms. The smallest absolute Gasteiger partial charge is 0.326 e. The van der Waals surface area contributed by atoms with E-state index in [2.05, 4.69) is 5.32 Å². The Hall–Kier alpha value is -1.26. The maximum atomic E-state index is 11.9. The zero-order chi connectivity index (χ0) is 16.2. The highest BCUT2D eigenvalue weighted by Gasteiger charge is 2.32. The molecular formula is C15H19Cl2NO3. The number of amides is 1. The van der Waals surface area contributed by atoms with E-state index >= 15 is 0 Å². The lowest BCUT2D eigenvalue weighted by atomic mass is 9.86. The number of aryl methyl sites for hydroxylation is 1. The van der Waals surface area contributed by atoms with Crippen molar-refractivity contribution in [2.24, 2.45) is 5.41 Å². The van der Waals surface area contributed by atoms with Gasteiger partial charge >= 0.3 is 5.97 Å². The van der Waals surface area contributed by atoms with Crippen LogP contribution < -0.4 is 5.32 Å². The molecule has 1 amide bonds. The van der Waals surface area contributed by atoms with Gasteiger partial charge in [-0.15, -0.1) is 0 Å². The Morgan fingerprint density at radius 3 is 2.38 bits per heavy atom. The van der Waals surface area contributed by atoms with E-state index < -0.39 is 17.4 Å². The normalized spacial score (nSPS) is 12.8. The van der Waals surface area contributed by atoms with Crippen molar-refractivity contribution in [3.8, 4) is 0 Å². The number of halogens is 2. The molecule has 0 radical (unpaired) electrons. The molecule has 2 N–H and O–H groups in total. The highest BCUT2D eigenvalue weighted by Crippen LogP contribution is 2.23. The van der Waals surface area contributed by atoms with E-state index in [0.29, 0.717) is 16.5 Å². The second-order valence-electron chi connectivity index (χ2n) is 5.94. The molecule has 1 rings (SSSR count). The molecule has 0 unspecified atom stereocenters. The predicted molar refractivity (Wildman–Crippen MR) is 83.8 cm³/mol. The average molecular weight is 332 g/mol. The topological polar surface area (TPSA) is 66.4 Å². The quantitative estimate of drug-likeness (QED) is 0.867. The lowest BCUT2D eigenvalue weighted by Gasteiger charge is -2.27. The van der Waals surface area contributed by atoms with E-state index in [1.807, 2.05) is 0 Å². The van der Waals surface area contributed by atoms with Crippen molar-refractivity contribution in [2.45, 2.75) is 39.7 Å². The minimum atomic E-state index is -1.04. The minimum Gasteiger partial charge on any atom is -0.480 e. The summed E-state index contributed by atoms with van der Waals surface area (Å²) in [6.45, 7) is 5.30. The van der Waals surface area contributed by atoms with E-state index in [0.717, 1.165) is 5.56 Å². The van der Waals surface area contributed by atoms with Crippen molar-refractivity contribution in [2.75, 3.05) is 0 Å². The van der Waals surface area contributed by atoms with Gasteiger partial charge in [0.05, 0.1) is 0 Å². The molecule has 4 nitrogen and oxygen atoms in total. The van der Waals surface area contributed by atoms with Gasteiger partial charge in [-0.3, -0.25) is 4.79 Å². The predicted octanol–water partition coefficient (Wildman–Crippen LogP) is 3.54. The number of hydrogen-bond acceptors (Lipinski definition) is 2.